The third-order valence-electron chi connectivity index (χ3n) is 13.1. The molecule has 0 saturated carbocycles. The second-order valence-corrected chi connectivity index (χ2v) is 21.4. The molecule has 302 valence electrons. The van der Waals surface area contributed by atoms with Gasteiger partial charge in [0.1, 0.15) is 5.66 Å². The van der Waals surface area contributed by atoms with Crippen LogP contribution in [0.1, 0.15) is 168 Å². The molecule has 0 bridgehead atoms. The van der Waals surface area contributed by atoms with Crippen LogP contribution in [0, 0.1) is 11.8 Å². The van der Waals surface area contributed by atoms with E-state index in [1.807, 2.05) is 22.7 Å². The molecule has 7 rings (SSSR count). The standard InChI is InChI=1S/C53H68N2S2/c1-12-16-18-35(14-3)32-53(33-36(15-4)19-17-13-2)43-30-37(20-22-39(43)40-23-21-38(31-44(40)53)51(7,8)9)46-27-29-48(57-46)42-25-24-41(47-28-26-45(56-47)34(5)6)49-50(42)55-52(10,11)54-49/h20-31,34-36H,12-19,32-33H2,1-11H3. The molecule has 1 aliphatic carbocycles. The van der Waals surface area contributed by atoms with E-state index < -0.39 is 5.66 Å². The van der Waals surface area contributed by atoms with Gasteiger partial charge in [-0.1, -0.05) is 156 Å². The highest BCUT2D eigenvalue weighted by molar-refractivity contribution is 7.18. The molecule has 1 aliphatic heterocycles. The Bertz CT molecular complexity index is 2310. The molecule has 4 heteroatoms. The fourth-order valence-electron chi connectivity index (χ4n) is 9.73. The molecule has 2 aliphatic rings. The summed E-state index contributed by atoms with van der Waals surface area (Å²) in [6.45, 7) is 25.6. The summed E-state index contributed by atoms with van der Waals surface area (Å²) < 4.78 is 0. The molecule has 2 nitrogen and oxygen atoms in total. The quantitative estimate of drug-likeness (QED) is 0.0950. The summed E-state index contributed by atoms with van der Waals surface area (Å²) in [4.78, 5) is 15.7. The summed E-state index contributed by atoms with van der Waals surface area (Å²) in [5.74, 6) is 1.93. The largest absolute Gasteiger partial charge is 0.253 e. The average molecular weight is 797 g/mol. The van der Waals surface area contributed by atoms with Gasteiger partial charge in [-0.2, -0.15) is 0 Å². The van der Waals surface area contributed by atoms with E-state index in [0.717, 1.165) is 10.7 Å². The molecule has 2 unspecified atom stereocenters. The maximum Gasteiger partial charge on any atom is 0.146 e. The molecule has 0 saturated heterocycles. The monoisotopic (exact) mass is 796 g/mol. The molecule has 5 aromatic rings. The van der Waals surface area contributed by atoms with E-state index in [0.29, 0.717) is 17.8 Å². The van der Waals surface area contributed by atoms with Gasteiger partial charge in [0, 0.05) is 36.1 Å². The number of hydrogen-bond donors (Lipinski definition) is 0. The normalized spacial score (nSPS) is 17.9. The summed E-state index contributed by atoms with van der Waals surface area (Å²) >= 11 is 3.80. The summed E-state index contributed by atoms with van der Waals surface area (Å²) in [6.07, 6.45) is 12.8. The number of benzene rings is 3. The van der Waals surface area contributed by atoms with Gasteiger partial charge in [0.25, 0.3) is 0 Å². The first-order chi connectivity index (χ1) is 27.2. The highest BCUT2D eigenvalue weighted by Crippen LogP contribution is 2.58. The van der Waals surface area contributed by atoms with E-state index in [2.05, 4.69) is 149 Å². The van der Waals surface area contributed by atoms with Crippen LogP contribution < -0.4 is 10.7 Å². The van der Waals surface area contributed by atoms with Gasteiger partial charge >= 0.3 is 0 Å². The van der Waals surface area contributed by atoms with Crippen molar-refractivity contribution in [2.75, 3.05) is 0 Å². The van der Waals surface area contributed by atoms with Crippen molar-refractivity contribution in [3.05, 3.63) is 105 Å². The van der Waals surface area contributed by atoms with Crippen molar-refractivity contribution in [1.29, 1.82) is 0 Å². The highest BCUT2D eigenvalue weighted by Gasteiger charge is 2.46. The molecule has 0 amide bonds. The van der Waals surface area contributed by atoms with Crippen LogP contribution in [0.5, 0.6) is 0 Å². The second kappa shape index (κ2) is 16.7. The Morgan fingerprint density at radius 2 is 1.11 bits per heavy atom. The third kappa shape index (κ3) is 8.29. The zero-order chi connectivity index (χ0) is 40.7. The molecule has 0 fully saturated rings. The number of hydrogen-bond acceptors (Lipinski definition) is 4. The SMILES string of the molecule is CCCCC(CC)CC1(CC(CC)CCCC)c2cc(-c3ccc(-c4ccc(-c5ccc(C(C)C)s5)c5c4=NC(C)(C)N=5)s3)ccc2-c2ccc(C(C)(C)C)cc21. The lowest BCUT2D eigenvalue weighted by atomic mass is 9.64. The van der Waals surface area contributed by atoms with Crippen LogP contribution in [0.25, 0.3) is 42.4 Å². The van der Waals surface area contributed by atoms with Gasteiger partial charge in [0.05, 0.1) is 10.7 Å². The summed E-state index contributed by atoms with van der Waals surface area (Å²) in [6, 6.07) is 28.9. The van der Waals surface area contributed by atoms with Crippen molar-refractivity contribution in [1.82, 2.24) is 0 Å². The minimum atomic E-state index is -0.475. The first kappa shape index (κ1) is 41.8. The van der Waals surface area contributed by atoms with Crippen molar-refractivity contribution < 1.29 is 0 Å². The van der Waals surface area contributed by atoms with Gasteiger partial charge in [0.2, 0.25) is 0 Å². The smallest absolute Gasteiger partial charge is 0.146 e. The summed E-state index contributed by atoms with van der Waals surface area (Å²) in [7, 11) is 0. The van der Waals surface area contributed by atoms with E-state index in [9.17, 15) is 0 Å². The molecular weight excluding hydrogens is 729 g/mol. The van der Waals surface area contributed by atoms with Gasteiger partial charge in [-0.15, -0.1) is 22.7 Å². The van der Waals surface area contributed by atoms with E-state index in [1.165, 1.54) is 117 Å². The van der Waals surface area contributed by atoms with Crippen molar-refractivity contribution in [2.45, 2.75) is 163 Å². The predicted molar refractivity (Wildman–Crippen MR) is 250 cm³/mol. The topological polar surface area (TPSA) is 24.7 Å². The van der Waals surface area contributed by atoms with Gasteiger partial charge in [-0.25, -0.2) is 0 Å². The van der Waals surface area contributed by atoms with E-state index >= 15 is 0 Å². The first-order valence-corrected chi connectivity index (χ1v) is 24.0. The van der Waals surface area contributed by atoms with Crippen LogP contribution in [0.15, 0.2) is 82.8 Å². The Morgan fingerprint density at radius 1 is 0.596 bits per heavy atom. The number of fused-ring (bicyclic) bond motifs is 4. The Kier molecular flexibility index (Phi) is 12.3. The fraction of sp³-hybridized carbons (Fsp3) is 0.509. The Balaban J connectivity index is 1.36. The highest BCUT2D eigenvalue weighted by atomic mass is 32.1. The molecular formula is C53H68N2S2. The van der Waals surface area contributed by atoms with Gasteiger partial charge in [0.15, 0.2) is 0 Å². The van der Waals surface area contributed by atoms with E-state index in [4.69, 9.17) is 9.98 Å². The minimum Gasteiger partial charge on any atom is -0.253 e. The van der Waals surface area contributed by atoms with Crippen LogP contribution in [0.3, 0.4) is 0 Å². The average Bonchev–Trinajstić information content (AvgIpc) is 3.98. The molecule has 57 heavy (non-hydrogen) atoms. The maximum atomic E-state index is 5.24. The Hall–Kier alpha value is -3.34. The summed E-state index contributed by atoms with van der Waals surface area (Å²) in [5, 5.41) is 2.08. The number of unbranched alkanes of at least 4 members (excludes halogenated alkanes) is 2. The predicted octanol–water partition coefficient (Wildman–Crippen LogP) is 15.7. The van der Waals surface area contributed by atoms with Gasteiger partial charge in [-0.05, 0) is 114 Å². The lowest BCUT2D eigenvalue weighted by Crippen LogP contribution is -2.32. The van der Waals surface area contributed by atoms with E-state index in [1.54, 1.807) is 11.1 Å². The zero-order valence-electron chi connectivity index (χ0n) is 36.9. The number of thiophene rings is 2. The van der Waals surface area contributed by atoms with Crippen LogP contribution >= 0.6 is 22.7 Å². The Labute approximate surface area is 353 Å². The van der Waals surface area contributed by atoms with Crippen LogP contribution in [-0.2, 0) is 10.8 Å². The fourth-order valence-corrected chi connectivity index (χ4v) is 11.8. The van der Waals surface area contributed by atoms with Crippen LogP contribution in [-0.4, -0.2) is 5.66 Å². The lowest BCUT2D eigenvalue weighted by molar-refractivity contribution is 0.266. The van der Waals surface area contributed by atoms with Crippen LogP contribution in [0.4, 0.5) is 0 Å². The Morgan fingerprint density at radius 3 is 1.63 bits per heavy atom. The first-order valence-electron chi connectivity index (χ1n) is 22.3. The van der Waals surface area contributed by atoms with Crippen molar-refractivity contribution >= 4 is 22.7 Å². The third-order valence-corrected chi connectivity index (χ3v) is 15.7. The molecule has 3 heterocycles. The number of rotatable bonds is 16. The van der Waals surface area contributed by atoms with Crippen molar-refractivity contribution in [3.8, 4) is 42.4 Å². The van der Waals surface area contributed by atoms with Gasteiger partial charge in [-0.3, -0.25) is 9.98 Å². The second-order valence-electron chi connectivity index (χ2n) is 19.2. The van der Waals surface area contributed by atoms with Gasteiger partial charge < -0.3 is 0 Å². The molecule has 2 atom stereocenters. The lowest BCUT2D eigenvalue weighted by Gasteiger charge is -2.39. The summed E-state index contributed by atoms with van der Waals surface area (Å²) in [5.41, 5.74) is 11.0. The zero-order valence-corrected chi connectivity index (χ0v) is 38.6. The maximum absolute atomic E-state index is 5.24. The van der Waals surface area contributed by atoms with Crippen molar-refractivity contribution in [2.24, 2.45) is 21.8 Å². The van der Waals surface area contributed by atoms with E-state index in [-0.39, 0.29) is 10.8 Å². The molecule has 0 radical (unpaired) electrons. The molecule has 0 N–H and O–H groups in total. The van der Waals surface area contributed by atoms with Crippen LogP contribution in [0.2, 0.25) is 0 Å². The molecule has 3 aromatic carbocycles. The number of nitrogens with zero attached hydrogens (tertiary/aromatic N) is 2. The molecule has 0 spiro atoms. The minimum absolute atomic E-state index is 0.00467. The van der Waals surface area contributed by atoms with Crippen molar-refractivity contribution in [3.63, 3.8) is 0 Å². The molecule has 2 aromatic heterocycles.